The van der Waals surface area contributed by atoms with Gasteiger partial charge in [-0.2, -0.15) is 0 Å². The van der Waals surface area contributed by atoms with Gasteiger partial charge in [0, 0.05) is 5.54 Å². The van der Waals surface area contributed by atoms with Crippen molar-refractivity contribution < 1.29 is 14.3 Å². The summed E-state index contributed by atoms with van der Waals surface area (Å²) in [7, 11) is 0. The summed E-state index contributed by atoms with van der Waals surface area (Å²) < 4.78 is 15.2. The Bertz CT molecular complexity index is 1490. The van der Waals surface area contributed by atoms with Crippen molar-refractivity contribution in [3.8, 4) is 10.8 Å². The Labute approximate surface area is 219 Å². The number of hydrogen-bond donors (Lipinski definition) is 1. The van der Waals surface area contributed by atoms with E-state index < -0.39 is 11.6 Å². The number of oxazole rings is 1. The molecule has 1 N–H and O–H groups in total. The summed E-state index contributed by atoms with van der Waals surface area (Å²) in [6.45, 7) is 7.71. The summed E-state index contributed by atoms with van der Waals surface area (Å²) in [5.74, 6) is 0.427. The van der Waals surface area contributed by atoms with E-state index in [4.69, 9.17) is 9.15 Å². The fourth-order valence-electron chi connectivity index (χ4n) is 5.11. The van der Waals surface area contributed by atoms with E-state index in [-0.39, 0.29) is 30.0 Å². The lowest BCUT2D eigenvalue weighted by Gasteiger charge is -2.31. The highest BCUT2D eigenvalue weighted by atomic mass is 32.1. The van der Waals surface area contributed by atoms with Crippen LogP contribution in [-0.4, -0.2) is 31.4 Å². The zero-order valence-corrected chi connectivity index (χ0v) is 22.5. The highest BCUT2D eigenvalue weighted by Crippen LogP contribution is 2.37. The summed E-state index contributed by atoms with van der Waals surface area (Å²) in [6.07, 6.45) is 5.31. The van der Waals surface area contributed by atoms with Crippen molar-refractivity contribution in [2.45, 2.75) is 83.8 Å². The van der Waals surface area contributed by atoms with Gasteiger partial charge < -0.3 is 14.3 Å². The first-order valence-electron chi connectivity index (χ1n) is 12.7. The molecule has 1 aliphatic carbocycles. The SMILES string of the molecule is Cc1c(-c2ncco2)sc2c1c(=O)n(C(C)(C)C)c(=O)n2C[C@H](OC1CCC(O)CC1)c1ccccc1. The molecule has 3 heterocycles. The minimum absolute atomic E-state index is 0.0127. The molecule has 0 spiro atoms. The van der Waals surface area contributed by atoms with Gasteiger partial charge in [0.15, 0.2) is 0 Å². The third-order valence-corrected chi connectivity index (χ3v) is 8.33. The minimum Gasteiger partial charge on any atom is -0.444 e. The zero-order chi connectivity index (χ0) is 26.3. The van der Waals surface area contributed by atoms with Gasteiger partial charge in [-0.15, -0.1) is 11.3 Å². The van der Waals surface area contributed by atoms with Gasteiger partial charge in [0.05, 0.1) is 35.2 Å². The lowest BCUT2D eigenvalue weighted by Crippen LogP contribution is -2.48. The molecule has 1 aromatic carbocycles. The highest BCUT2D eigenvalue weighted by molar-refractivity contribution is 7.22. The molecule has 5 rings (SSSR count). The molecule has 196 valence electrons. The predicted molar refractivity (Wildman–Crippen MR) is 144 cm³/mol. The van der Waals surface area contributed by atoms with Crippen LogP contribution in [0, 0.1) is 6.92 Å². The molecular weight excluding hydrogens is 490 g/mol. The van der Waals surface area contributed by atoms with E-state index in [1.165, 1.54) is 22.2 Å². The number of aryl methyl sites for hydroxylation is 1. The van der Waals surface area contributed by atoms with E-state index in [9.17, 15) is 14.7 Å². The Morgan fingerprint density at radius 1 is 1.16 bits per heavy atom. The summed E-state index contributed by atoms with van der Waals surface area (Å²) >= 11 is 1.34. The molecule has 9 heteroatoms. The van der Waals surface area contributed by atoms with Crippen LogP contribution in [-0.2, 0) is 16.8 Å². The number of fused-ring (bicyclic) bond motifs is 1. The first-order chi connectivity index (χ1) is 17.6. The van der Waals surface area contributed by atoms with Crippen molar-refractivity contribution in [3.05, 3.63) is 74.8 Å². The third-order valence-electron chi connectivity index (χ3n) is 7.03. The van der Waals surface area contributed by atoms with Crippen LogP contribution in [0.15, 0.2) is 56.8 Å². The maximum absolute atomic E-state index is 14.0. The summed E-state index contributed by atoms with van der Waals surface area (Å²) in [5.41, 5.74) is 0.313. The van der Waals surface area contributed by atoms with Crippen LogP contribution < -0.4 is 11.2 Å². The highest BCUT2D eigenvalue weighted by Gasteiger charge is 2.30. The number of rotatable bonds is 6. The van der Waals surface area contributed by atoms with Gasteiger partial charge in [-0.1, -0.05) is 30.3 Å². The Balaban J connectivity index is 1.68. The molecule has 0 radical (unpaired) electrons. The lowest BCUT2D eigenvalue weighted by atomic mass is 9.95. The van der Waals surface area contributed by atoms with Crippen molar-refractivity contribution in [2.24, 2.45) is 0 Å². The topological polar surface area (TPSA) is 99.5 Å². The number of aliphatic hydroxyl groups is 1. The normalized spacial score (nSPS) is 19.4. The van der Waals surface area contributed by atoms with Crippen molar-refractivity contribution in [1.82, 2.24) is 14.1 Å². The maximum atomic E-state index is 14.0. The Hall–Kier alpha value is -3.01. The molecule has 1 saturated carbocycles. The van der Waals surface area contributed by atoms with Crippen LogP contribution in [0.3, 0.4) is 0 Å². The first-order valence-corrected chi connectivity index (χ1v) is 13.5. The van der Waals surface area contributed by atoms with Crippen LogP contribution in [0.4, 0.5) is 0 Å². The van der Waals surface area contributed by atoms with E-state index >= 15 is 0 Å². The molecule has 0 bridgehead atoms. The second-order valence-electron chi connectivity index (χ2n) is 10.7. The van der Waals surface area contributed by atoms with E-state index in [2.05, 4.69) is 4.98 Å². The van der Waals surface area contributed by atoms with Crippen molar-refractivity contribution in [2.75, 3.05) is 0 Å². The molecule has 0 amide bonds. The number of aromatic nitrogens is 3. The molecule has 8 nitrogen and oxygen atoms in total. The molecule has 3 aromatic heterocycles. The van der Waals surface area contributed by atoms with Gasteiger partial charge >= 0.3 is 5.69 Å². The number of benzene rings is 1. The van der Waals surface area contributed by atoms with Crippen LogP contribution >= 0.6 is 11.3 Å². The Morgan fingerprint density at radius 2 is 1.86 bits per heavy atom. The number of aliphatic hydroxyl groups excluding tert-OH is 1. The largest absolute Gasteiger partial charge is 0.444 e. The molecule has 0 saturated heterocycles. The molecule has 1 aliphatic rings. The molecule has 0 unspecified atom stereocenters. The van der Waals surface area contributed by atoms with Gasteiger partial charge in [-0.3, -0.25) is 13.9 Å². The van der Waals surface area contributed by atoms with Gasteiger partial charge in [-0.25, -0.2) is 9.78 Å². The van der Waals surface area contributed by atoms with E-state index in [1.807, 2.05) is 58.0 Å². The third kappa shape index (κ3) is 4.95. The fraction of sp³-hybridized carbons (Fsp3) is 0.464. The molecule has 1 atom stereocenters. The standard InChI is InChI=1S/C28H33N3O5S/c1-17-22-25(33)31(28(2,3)4)27(34)30(26(22)37-23(17)24-29-14-15-35-24)16-21(18-8-6-5-7-9-18)36-20-12-10-19(32)11-13-20/h5-9,14-15,19-21,32H,10-13,16H2,1-4H3/t19?,20?,21-/m0/s1. The second kappa shape index (κ2) is 10.0. The number of nitrogens with zero attached hydrogens (tertiary/aromatic N) is 3. The van der Waals surface area contributed by atoms with Crippen molar-refractivity contribution in [1.29, 1.82) is 0 Å². The number of ether oxygens (including phenoxy) is 1. The first kappa shape index (κ1) is 25.6. The van der Waals surface area contributed by atoms with Gasteiger partial charge in [-0.05, 0) is 64.5 Å². The maximum Gasteiger partial charge on any atom is 0.332 e. The Morgan fingerprint density at radius 3 is 2.49 bits per heavy atom. The molecule has 4 aromatic rings. The van der Waals surface area contributed by atoms with Gasteiger partial charge in [0.25, 0.3) is 5.56 Å². The van der Waals surface area contributed by atoms with E-state index in [0.29, 0.717) is 28.9 Å². The average Bonchev–Trinajstić information content (AvgIpc) is 3.50. The van der Waals surface area contributed by atoms with Crippen LogP contribution in [0.2, 0.25) is 0 Å². The smallest absolute Gasteiger partial charge is 0.332 e. The predicted octanol–water partition coefficient (Wildman–Crippen LogP) is 5.00. The fourth-order valence-corrected chi connectivity index (χ4v) is 6.35. The molecule has 0 aliphatic heterocycles. The monoisotopic (exact) mass is 523 g/mol. The van der Waals surface area contributed by atoms with E-state index in [1.54, 1.807) is 10.8 Å². The van der Waals surface area contributed by atoms with Crippen molar-refractivity contribution >= 4 is 21.6 Å². The zero-order valence-electron chi connectivity index (χ0n) is 21.6. The van der Waals surface area contributed by atoms with E-state index in [0.717, 1.165) is 28.8 Å². The minimum atomic E-state index is -0.718. The molecule has 1 fully saturated rings. The van der Waals surface area contributed by atoms with Crippen LogP contribution in [0.1, 0.15) is 63.7 Å². The molecular formula is C28H33N3O5S. The van der Waals surface area contributed by atoms with Crippen LogP contribution in [0.5, 0.6) is 0 Å². The molecule has 37 heavy (non-hydrogen) atoms. The number of thiophene rings is 1. The van der Waals surface area contributed by atoms with Gasteiger partial charge in [0.2, 0.25) is 5.89 Å². The van der Waals surface area contributed by atoms with Gasteiger partial charge in [0.1, 0.15) is 17.2 Å². The summed E-state index contributed by atoms with van der Waals surface area (Å²) in [4.78, 5) is 33.3. The lowest BCUT2D eigenvalue weighted by molar-refractivity contribution is -0.0558. The summed E-state index contributed by atoms with van der Waals surface area (Å²) in [5, 5.41) is 10.5. The quantitative estimate of drug-likeness (QED) is 0.382. The van der Waals surface area contributed by atoms with Crippen LogP contribution in [0.25, 0.3) is 21.0 Å². The number of hydrogen-bond acceptors (Lipinski definition) is 7. The summed E-state index contributed by atoms with van der Waals surface area (Å²) in [6, 6.07) is 9.87. The average molecular weight is 524 g/mol. The second-order valence-corrected chi connectivity index (χ2v) is 11.7. The van der Waals surface area contributed by atoms with Crippen molar-refractivity contribution in [3.63, 3.8) is 0 Å². The Kier molecular flexibility index (Phi) is 6.95.